The third-order valence-corrected chi connectivity index (χ3v) is 12.5. The Kier molecular flexibility index (Phi) is 8.33. The van der Waals surface area contributed by atoms with E-state index in [1.54, 1.807) is 50.9 Å². The number of amides is 3. The van der Waals surface area contributed by atoms with E-state index in [1.807, 2.05) is 12.1 Å². The van der Waals surface area contributed by atoms with Crippen molar-refractivity contribution in [2.24, 2.45) is 17.8 Å². The molecule has 1 saturated heterocycles. The van der Waals surface area contributed by atoms with Crippen molar-refractivity contribution >= 4 is 63.7 Å². The van der Waals surface area contributed by atoms with Crippen LogP contribution in [0.4, 0.5) is 0 Å². The SMILES string of the molecule is CCC1(NCc2nc(CSc3cccc4c3CN(C3CCC(=O)N(I)C3=O)C4=O)cs2)CC2CC(C)CC(C2)C1. The van der Waals surface area contributed by atoms with Crippen LogP contribution in [0.5, 0.6) is 0 Å². The van der Waals surface area contributed by atoms with Gasteiger partial charge in [-0.25, -0.2) is 8.10 Å². The molecule has 3 heterocycles. The van der Waals surface area contributed by atoms with Crippen molar-refractivity contribution in [3.05, 3.63) is 45.4 Å². The Bertz CT molecular complexity index is 1300. The van der Waals surface area contributed by atoms with Gasteiger partial charge in [-0.15, -0.1) is 23.1 Å². The highest BCUT2D eigenvalue weighted by Gasteiger charge is 2.44. The summed E-state index contributed by atoms with van der Waals surface area (Å²) < 4.78 is 1.13. The summed E-state index contributed by atoms with van der Waals surface area (Å²) in [6.45, 7) is 6.00. The van der Waals surface area contributed by atoms with Gasteiger partial charge in [0.1, 0.15) is 11.0 Å². The van der Waals surface area contributed by atoms with Gasteiger partial charge in [-0.1, -0.05) is 19.9 Å². The number of halogens is 1. The van der Waals surface area contributed by atoms with Crippen LogP contribution in [0, 0.1) is 17.8 Å². The van der Waals surface area contributed by atoms with Gasteiger partial charge < -0.3 is 10.2 Å². The molecule has 6 rings (SSSR count). The predicted molar refractivity (Wildman–Crippen MR) is 166 cm³/mol. The van der Waals surface area contributed by atoms with Crippen molar-refractivity contribution in [2.75, 3.05) is 0 Å². The molecule has 2 saturated carbocycles. The summed E-state index contributed by atoms with van der Waals surface area (Å²) in [4.78, 5) is 45.6. The number of thiazole rings is 1. The van der Waals surface area contributed by atoms with Crippen LogP contribution in [0.15, 0.2) is 28.5 Å². The Morgan fingerprint density at radius 3 is 2.70 bits per heavy atom. The highest BCUT2D eigenvalue weighted by molar-refractivity contribution is 14.1. The number of carbonyl (C=O) groups is 3. The molecule has 2 aromatic rings. The van der Waals surface area contributed by atoms with Gasteiger partial charge in [0.25, 0.3) is 11.8 Å². The smallest absolute Gasteiger partial charge is 0.260 e. The number of hydrogen-bond acceptors (Lipinski definition) is 7. The lowest BCUT2D eigenvalue weighted by Gasteiger charge is -2.49. The van der Waals surface area contributed by atoms with Crippen LogP contribution < -0.4 is 5.32 Å². The fourth-order valence-corrected chi connectivity index (χ4v) is 10.0. The van der Waals surface area contributed by atoms with Crippen LogP contribution in [0.2, 0.25) is 0 Å². The number of fused-ring (bicyclic) bond motifs is 3. The van der Waals surface area contributed by atoms with Crippen molar-refractivity contribution in [1.82, 2.24) is 18.3 Å². The van der Waals surface area contributed by atoms with Crippen molar-refractivity contribution in [2.45, 2.75) is 101 Å². The molecule has 2 bridgehead atoms. The number of nitrogens with one attached hydrogen (secondary N) is 1. The first-order chi connectivity index (χ1) is 19.2. The number of piperidine rings is 1. The lowest BCUT2D eigenvalue weighted by atomic mass is 9.61. The van der Waals surface area contributed by atoms with Gasteiger partial charge in [0, 0.05) is 46.6 Å². The number of carbonyl (C=O) groups excluding carboxylic acids is 3. The first-order valence-corrected chi connectivity index (χ1v) is 17.3. The predicted octanol–water partition coefficient (Wildman–Crippen LogP) is 6.34. The summed E-state index contributed by atoms with van der Waals surface area (Å²) in [5.41, 5.74) is 2.95. The molecule has 3 unspecified atom stereocenters. The number of benzene rings is 1. The fraction of sp³-hybridized carbons (Fsp3) is 0.600. The number of rotatable bonds is 8. The van der Waals surface area contributed by atoms with E-state index in [1.165, 1.54) is 38.5 Å². The lowest BCUT2D eigenvalue weighted by molar-refractivity contribution is -0.143. The van der Waals surface area contributed by atoms with Crippen LogP contribution in [0.1, 0.15) is 91.8 Å². The van der Waals surface area contributed by atoms with Gasteiger partial charge in [-0.05, 0) is 80.4 Å². The molecular formula is C30H37IN4O3S2. The first-order valence-electron chi connectivity index (χ1n) is 14.5. The molecule has 40 heavy (non-hydrogen) atoms. The minimum atomic E-state index is -0.584. The minimum absolute atomic E-state index is 0.122. The summed E-state index contributed by atoms with van der Waals surface area (Å²) in [6, 6.07) is 5.23. The number of thioether (sulfide) groups is 1. The van der Waals surface area contributed by atoms with Crippen LogP contribution in [-0.4, -0.2) is 42.3 Å². The van der Waals surface area contributed by atoms with Gasteiger partial charge in [0.15, 0.2) is 0 Å². The summed E-state index contributed by atoms with van der Waals surface area (Å²) in [6.07, 6.45) is 8.63. The lowest BCUT2D eigenvalue weighted by Crippen LogP contribution is -2.51. The molecule has 1 N–H and O–H groups in total. The quantitative estimate of drug-likeness (QED) is 0.151. The molecule has 2 aliphatic carbocycles. The molecule has 2 aliphatic heterocycles. The molecular weight excluding hydrogens is 655 g/mol. The van der Waals surface area contributed by atoms with E-state index in [-0.39, 0.29) is 29.7 Å². The van der Waals surface area contributed by atoms with E-state index in [0.717, 1.165) is 54.3 Å². The largest absolute Gasteiger partial charge is 0.322 e. The Hall–Kier alpha value is -1.50. The summed E-state index contributed by atoms with van der Waals surface area (Å²) in [5, 5.41) is 7.26. The number of aromatic nitrogens is 1. The second-order valence-electron chi connectivity index (χ2n) is 12.2. The number of nitrogens with zero attached hydrogens (tertiary/aromatic N) is 3. The third kappa shape index (κ3) is 5.62. The summed E-state index contributed by atoms with van der Waals surface area (Å²) in [5.74, 6) is 2.74. The second kappa shape index (κ2) is 11.6. The van der Waals surface area contributed by atoms with Gasteiger partial charge in [0.2, 0.25) is 5.91 Å². The molecule has 7 nitrogen and oxygen atoms in total. The monoisotopic (exact) mass is 692 g/mol. The Labute approximate surface area is 258 Å². The highest BCUT2D eigenvalue weighted by atomic mass is 127. The zero-order valence-electron chi connectivity index (χ0n) is 23.2. The van der Waals surface area contributed by atoms with Crippen molar-refractivity contribution in [3.8, 4) is 0 Å². The van der Waals surface area contributed by atoms with Crippen LogP contribution in [0.25, 0.3) is 0 Å². The van der Waals surface area contributed by atoms with Crippen LogP contribution >= 0.6 is 46.0 Å². The van der Waals surface area contributed by atoms with E-state index < -0.39 is 6.04 Å². The maximum Gasteiger partial charge on any atom is 0.260 e. The maximum atomic E-state index is 13.2. The van der Waals surface area contributed by atoms with Crippen molar-refractivity contribution in [3.63, 3.8) is 0 Å². The molecule has 1 aromatic carbocycles. The topological polar surface area (TPSA) is 82.6 Å². The zero-order valence-corrected chi connectivity index (χ0v) is 26.9. The molecule has 4 aliphatic rings. The Morgan fingerprint density at radius 2 is 1.95 bits per heavy atom. The minimum Gasteiger partial charge on any atom is -0.322 e. The van der Waals surface area contributed by atoms with Crippen LogP contribution in [-0.2, 0) is 28.4 Å². The molecule has 3 atom stereocenters. The van der Waals surface area contributed by atoms with Gasteiger partial charge in [-0.2, -0.15) is 0 Å². The summed E-state index contributed by atoms with van der Waals surface area (Å²) >= 11 is 5.19. The molecule has 3 fully saturated rings. The van der Waals surface area contributed by atoms with E-state index in [4.69, 9.17) is 4.98 Å². The van der Waals surface area contributed by atoms with Crippen molar-refractivity contribution in [1.29, 1.82) is 0 Å². The maximum absolute atomic E-state index is 13.2. The molecule has 214 valence electrons. The van der Waals surface area contributed by atoms with Gasteiger partial charge >= 0.3 is 0 Å². The van der Waals surface area contributed by atoms with E-state index in [9.17, 15) is 14.4 Å². The van der Waals surface area contributed by atoms with Crippen LogP contribution in [0.3, 0.4) is 0 Å². The zero-order chi connectivity index (χ0) is 28.0. The van der Waals surface area contributed by atoms with Crippen molar-refractivity contribution < 1.29 is 14.4 Å². The molecule has 0 radical (unpaired) electrons. The number of imide groups is 1. The molecule has 10 heteroatoms. The second-order valence-corrected chi connectivity index (χ2v) is 15.2. The van der Waals surface area contributed by atoms with Gasteiger partial charge in [-0.3, -0.25) is 14.4 Å². The third-order valence-electron chi connectivity index (χ3n) is 9.42. The summed E-state index contributed by atoms with van der Waals surface area (Å²) in [7, 11) is 0. The molecule has 0 spiro atoms. The van der Waals surface area contributed by atoms with Gasteiger partial charge in [0.05, 0.1) is 28.6 Å². The van der Waals surface area contributed by atoms with E-state index >= 15 is 0 Å². The molecule has 3 amide bonds. The average Bonchev–Trinajstić information content (AvgIpc) is 3.53. The standard InChI is InChI=1S/C30H37IN4O3S2/c1-3-30(12-19-9-18(2)10-20(11-19)13-30)32-14-26-33-21(17-40-26)16-39-25-6-4-5-22-23(25)15-34(28(22)37)24-7-8-27(36)35(31)29(24)38/h4-6,17-20,24,32H,3,7-16H2,1-2H3. The normalized spacial score (nSPS) is 30.2. The molecule has 1 aromatic heterocycles. The number of hydrogen-bond donors (Lipinski definition) is 1. The average molecular weight is 693 g/mol. The van der Waals surface area contributed by atoms with E-state index in [0.29, 0.717) is 18.5 Å². The Morgan fingerprint density at radius 1 is 1.18 bits per heavy atom. The first kappa shape index (κ1) is 28.6. The van der Waals surface area contributed by atoms with E-state index in [2.05, 4.69) is 30.6 Å². The Balaban J connectivity index is 1.07. The fourth-order valence-electron chi connectivity index (χ4n) is 7.63. The highest BCUT2D eigenvalue weighted by Crippen LogP contribution is 2.47.